The van der Waals surface area contributed by atoms with Crippen molar-refractivity contribution in [2.45, 2.75) is 17.9 Å². The summed E-state index contributed by atoms with van der Waals surface area (Å²) in [6.45, 7) is 0. The van der Waals surface area contributed by atoms with Crippen LogP contribution < -0.4 is 10.6 Å². The fourth-order valence-corrected chi connectivity index (χ4v) is 4.35. The van der Waals surface area contributed by atoms with E-state index in [9.17, 15) is 27.9 Å². The number of aliphatic hydroxyl groups is 1. The molecule has 3 atom stereocenters. The number of urea groups is 1. The lowest BCUT2D eigenvalue weighted by molar-refractivity contribution is -0.288. The van der Waals surface area contributed by atoms with Crippen LogP contribution in [-0.4, -0.2) is 28.8 Å². The summed E-state index contributed by atoms with van der Waals surface area (Å²) in [5.41, 5.74) is -3.67. The van der Waals surface area contributed by atoms with Gasteiger partial charge in [-0.15, -0.1) is 0 Å². The monoisotopic (exact) mass is 532 g/mol. The van der Waals surface area contributed by atoms with Crippen LogP contribution in [0.5, 0.6) is 0 Å². The molecule has 6 nitrogen and oxygen atoms in total. The number of hydrogen-bond donors (Lipinski definition) is 3. The Morgan fingerprint density at radius 2 is 1.65 bits per heavy atom. The summed E-state index contributed by atoms with van der Waals surface area (Å²) in [6.07, 6.45) is -5.40. The van der Waals surface area contributed by atoms with Gasteiger partial charge in [0.2, 0.25) is 5.72 Å². The molecule has 1 aliphatic heterocycles. The topological polar surface area (TPSA) is 91.6 Å². The fourth-order valence-electron chi connectivity index (χ4n) is 3.72. The molecule has 2 heterocycles. The number of amides is 2. The quantitative estimate of drug-likeness (QED) is 0.358. The Labute approximate surface area is 205 Å². The van der Waals surface area contributed by atoms with Crippen molar-refractivity contribution >= 4 is 46.6 Å². The molecule has 0 aliphatic carbocycles. The Balaban J connectivity index is 1.82. The van der Waals surface area contributed by atoms with Crippen LogP contribution >= 0.6 is 34.8 Å². The number of nitrogens with one attached hydrogen (secondary N) is 2. The molecule has 1 aromatic heterocycles. The molecule has 0 spiro atoms. The number of rotatable bonds is 4. The average molecular weight is 534 g/mol. The second-order valence-corrected chi connectivity index (χ2v) is 8.80. The first-order valence-electron chi connectivity index (χ1n) is 9.63. The number of benzene rings is 2. The van der Waals surface area contributed by atoms with E-state index in [1.807, 2.05) is 0 Å². The van der Waals surface area contributed by atoms with Gasteiger partial charge in [-0.3, -0.25) is 4.79 Å². The van der Waals surface area contributed by atoms with Crippen LogP contribution in [-0.2, 0) is 0 Å². The van der Waals surface area contributed by atoms with E-state index >= 15 is 0 Å². The molecule has 1 fully saturated rings. The number of ketones is 1. The highest BCUT2D eigenvalue weighted by atomic mass is 35.5. The highest BCUT2D eigenvalue weighted by molar-refractivity contribution is 6.36. The molecular formula is C22H14Cl3F3N2O4. The maximum absolute atomic E-state index is 14.0. The van der Waals surface area contributed by atoms with Crippen LogP contribution in [0.2, 0.25) is 15.1 Å². The van der Waals surface area contributed by atoms with Crippen LogP contribution in [0.15, 0.2) is 59.0 Å². The third kappa shape index (κ3) is 4.36. The fraction of sp³-hybridized carbons (Fsp3) is 0.182. The van der Waals surface area contributed by atoms with Gasteiger partial charge in [0.1, 0.15) is 23.5 Å². The van der Waals surface area contributed by atoms with Gasteiger partial charge in [-0.1, -0.05) is 34.8 Å². The van der Waals surface area contributed by atoms with Crippen molar-refractivity contribution in [2.24, 2.45) is 5.92 Å². The molecule has 0 saturated carbocycles. The summed E-state index contributed by atoms with van der Waals surface area (Å²) in [5, 5.41) is 15.2. The van der Waals surface area contributed by atoms with Gasteiger partial charge >= 0.3 is 12.2 Å². The van der Waals surface area contributed by atoms with Gasteiger partial charge in [0, 0.05) is 21.2 Å². The molecule has 0 bridgehead atoms. The summed E-state index contributed by atoms with van der Waals surface area (Å²) in [7, 11) is 0. The molecule has 2 aromatic carbocycles. The molecule has 1 aliphatic rings. The van der Waals surface area contributed by atoms with E-state index in [0.29, 0.717) is 10.6 Å². The maximum Gasteiger partial charge on any atom is 0.437 e. The molecule has 178 valence electrons. The molecule has 1 saturated heterocycles. The second kappa shape index (κ2) is 8.81. The first-order valence-corrected chi connectivity index (χ1v) is 10.8. The molecule has 12 heteroatoms. The number of furan rings is 1. The molecule has 0 radical (unpaired) electrons. The maximum atomic E-state index is 14.0. The number of carbonyl (C=O) groups is 2. The highest BCUT2D eigenvalue weighted by Gasteiger charge is 2.66. The Morgan fingerprint density at radius 3 is 2.26 bits per heavy atom. The first-order chi connectivity index (χ1) is 15.9. The Hall–Kier alpha value is -2.72. The van der Waals surface area contributed by atoms with Crippen molar-refractivity contribution < 1.29 is 32.3 Å². The van der Waals surface area contributed by atoms with Crippen molar-refractivity contribution in [3.8, 4) is 11.3 Å². The summed E-state index contributed by atoms with van der Waals surface area (Å²) >= 11 is 17.9. The Morgan fingerprint density at radius 1 is 1.00 bits per heavy atom. The van der Waals surface area contributed by atoms with Crippen LogP contribution in [0.3, 0.4) is 0 Å². The van der Waals surface area contributed by atoms with E-state index in [1.54, 1.807) is 0 Å². The molecule has 3 N–H and O–H groups in total. The molecular weight excluding hydrogens is 520 g/mol. The number of carbonyl (C=O) groups excluding carboxylic acids is 2. The minimum Gasteiger partial charge on any atom is -0.459 e. The number of hydrogen-bond acceptors (Lipinski definition) is 4. The van der Waals surface area contributed by atoms with E-state index in [0.717, 1.165) is 0 Å². The van der Waals surface area contributed by atoms with Crippen molar-refractivity contribution in [3.05, 3.63) is 81.0 Å². The molecule has 4 rings (SSSR count). The van der Waals surface area contributed by atoms with Gasteiger partial charge < -0.3 is 20.2 Å². The zero-order valence-electron chi connectivity index (χ0n) is 16.8. The predicted octanol–water partition coefficient (Wildman–Crippen LogP) is 6.01. The summed E-state index contributed by atoms with van der Waals surface area (Å²) in [5.74, 6) is -3.40. The predicted molar refractivity (Wildman–Crippen MR) is 119 cm³/mol. The minimum atomic E-state index is -5.40. The molecule has 34 heavy (non-hydrogen) atoms. The lowest BCUT2D eigenvalue weighted by Gasteiger charge is -2.44. The lowest BCUT2D eigenvalue weighted by Crippen LogP contribution is -2.72. The SMILES string of the molecule is O=C1NC(c2ccc(-c3ccc(Cl)cc3Cl)o2)C(C(=O)c2ccc(Cl)cc2)C(O)(C(F)(F)F)N1. The summed E-state index contributed by atoms with van der Waals surface area (Å²) in [4.78, 5) is 25.4. The van der Waals surface area contributed by atoms with E-state index in [4.69, 9.17) is 39.2 Å². The number of alkyl halides is 3. The van der Waals surface area contributed by atoms with E-state index < -0.39 is 35.7 Å². The van der Waals surface area contributed by atoms with Gasteiger partial charge in [0.05, 0.1) is 5.02 Å². The highest BCUT2D eigenvalue weighted by Crippen LogP contribution is 2.45. The summed E-state index contributed by atoms with van der Waals surface area (Å²) < 4.78 is 47.7. The average Bonchev–Trinajstić information content (AvgIpc) is 3.22. The zero-order chi connectivity index (χ0) is 24.8. The zero-order valence-corrected chi connectivity index (χ0v) is 19.1. The van der Waals surface area contributed by atoms with Crippen LogP contribution in [0.25, 0.3) is 11.3 Å². The Kier molecular flexibility index (Phi) is 6.32. The van der Waals surface area contributed by atoms with Crippen molar-refractivity contribution in [1.82, 2.24) is 10.6 Å². The largest absolute Gasteiger partial charge is 0.459 e. The van der Waals surface area contributed by atoms with E-state index in [-0.39, 0.29) is 27.1 Å². The molecule has 3 unspecified atom stereocenters. The van der Waals surface area contributed by atoms with Gasteiger partial charge in [-0.2, -0.15) is 13.2 Å². The standard InChI is InChI=1S/C22H14Cl3F3N2O4/c23-11-3-1-10(2-4-11)19(31)17-18(29-20(32)30-21(17,33)22(26,27)28)16-8-7-15(34-16)13-6-5-12(24)9-14(13)25/h1-9,17-18,33H,(H2,29,30,32). The van der Waals surface area contributed by atoms with Crippen molar-refractivity contribution in [3.63, 3.8) is 0 Å². The van der Waals surface area contributed by atoms with Crippen LogP contribution in [0.4, 0.5) is 18.0 Å². The summed E-state index contributed by atoms with van der Waals surface area (Å²) in [6, 6.07) is 9.27. The smallest absolute Gasteiger partial charge is 0.437 e. The van der Waals surface area contributed by atoms with Crippen LogP contribution in [0.1, 0.15) is 22.2 Å². The first kappa shape index (κ1) is 24.4. The number of halogens is 6. The molecule has 3 aromatic rings. The van der Waals surface area contributed by atoms with Crippen molar-refractivity contribution in [2.75, 3.05) is 0 Å². The number of Topliss-reactive ketones (excluding diaryl/α,β-unsaturated/α-hetero) is 1. The normalized spacial score (nSPS) is 22.7. The van der Waals surface area contributed by atoms with Crippen LogP contribution in [0, 0.1) is 5.92 Å². The van der Waals surface area contributed by atoms with Gasteiger partial charge in [-0.05, 0) is 54.6 Å². The minimum absolute atomic E-state index is 0.151. The van der Waals surface area contributed by atoms with Crippen molar-refractivity contribution in [1.29, 1.82) is 0 Å². The van der Waals surface area contributed by atoms with Gasteiger partial charge in [0.15, 0.2) is 5.78 Å². The van der Waals surface area contributed by atoms with Gasteiger partial charge in [0.25, 0.3) is 0 Å². The Bertz CT molecular complexity index is 1260. The second-order valence-electron chi connectivity index (χ2n) is 7.52. The van der Waals surface area contributed by atoms with E-state index in [2.05, 4.69) is 5.32 Å². The third-order valence-electron chi connectivity index (χ3n) is 5.35. The van der Waals surface area contributed by atoms with E-state index in [1.165, 1.54) is 59.9 Å². The lowest BCUT2D eigenvalue weighted by atomic mass is 9.79. The molecule has 2 amide bonds. The van der Waals surface area contributed by atoms with Gasteiger partial charge in [-0.25, -0.2) is 4.79 Å². The third-order valence-corrected chi connectivity index (χ3v) is 6.15.